The zero-order chi connectivity index (χ0) is 11.2. The highest BCUT2D eigenvalue weighted by atomic mass is 16.5. The lowest BCUT2D eigenvalue weighted by Gasteiger charge is -2.28. The van der Waals surface area contributed by atoms with Crippen molar-refractivity contribution < 1.29 is 9.53 Å². The molecule has 1 saturated heterocycles. The fraction of sp³-hybridized carbons (Fsp3) is 0.750. The number of carbonyl (C=O) groups excluding carboxylic acids is 1. The molecule has 1 amide bonds. The van der Waals surface area contributed by atoms with Crippen molar-refractivity contribution in [3.05, 3.63) is 12.2 Å². The smallest absolute Gasteiger partial charge is 0.236 e. The third-order valence-electron chi connectivity index (χ3n) is 3.17. The van der Waals surface area contributed by atoms with E-state index in [1.165, 1.54) is 0 Å². The normalized spacial score (nSPS) is 25.8. The Morgan fingerprint density at radius 1 is 1.38 bits per heavy atom. The van der Waals surface area contributed by atoms with Gasteiger partial charge in [0, 0.05) is 19.1 Å². The molecule has 0 aromatic rings. The summed E-state index contributed by atoms with van der Waals surface area (Å²) in [6.07, 6.45) is 7.73. The van der Waals surface area contributed by atoms with Crippen LogP contribution in [0.5, 0.6) is 0 Å². The Kier molecular flexibility index (Phi) is 4.36. The lowest BCUT2D eigenvalue weighted by atomic mass is 10.0. The summed E-state index contributed by atoms with van der Waals surface area (Å²) in [6.45, 7) is 3.31. The Morgan fingerprint density at radius 3 is 2.88 bits per heavy atom. The van der Waals surface area contributed by atoms with E-state index in [-0.39, 0.29) is 5.91 Å². The van der Waals surface area contributed by atoms with Gasteiger partial charge in [-0.25, -0.2) is 0 Å². The molecule has 90 valence electrons. The Bertz CT molecular complexity index is 260. The van der Waals surface area contributed by atoms with Gasteiger partial charge in [-0.15, -0.1) is 0 Å². The van der Waals surface area contributed by atoms with Crippen LogP contribution in [0.25, 0.3) is 0 Å². The second-order valence-corrected chi connectivity index (χ2v) is 4.36. The molecule has 0 bridgehead atoms. The van der Waals surface area contributed by atoms with E-state index in [4.69, 9.17) is 4.74 Å². The number of ether oxygens (including phenoxy) is 1. The highest BCUT2D eigenvalue weighted by molar-refractivity contribution is 5.78. The summed E-state index contributed by atoms with van der Waals surface area (Å²) in [5.74, 6) is 0.206. The van der Waals surface area contributed by atoms with E-state index in [9.17, 15) is 4.79 Å². The number of nitrogens with zero attached hydrogens (tertiary/aromatic N) is 1. The van der Waals surface area contributed by atoms with Gasteiger partial charge in [0.1, 0.15) is 0 Å². The van der Waals surface area contributed by atoms with Gasteiger partial charge >= 0.3 is 0 Å². The van der Waals surface area contributed by atoms with Crippen molar-refractivity contribution in [3.8, 4) is 0 Å². The molecule has 0 aromatic carbocycles. The third kappa shape index (κ3) is 3.32. The van der Waals surface area contributed by atoms with E-state index < -0.39 is 0 Å². The first-order valence-electron chi connectivity index (χ1n) is 6.10. The van der Waals surface area contributed by atoms with E-state index in [1.807, 2.05) is 4.90 Å². The molecule has 0 aromatic heterocycles. The van der Waals surface area contributed by atoms with Crippen molar-refractivity contribution in [3.63, 3.8) is 0 Å². The number of allylic oxidation sites excluding steroid dienone is 1. The summed E-state index contributed by atoms with van der Waals surface area (Å²) in [5, 5.41) is 3.34. The van der Waals surface area contributed by atoms with Gasteiger partial charge in [0.25, 0.3) is 0 Å². The summed E-state index contributed by atoms with van der Waals surface area (Å²) in [6, 6.07) is 0.481. The van der Waals surface area contributed by atoms with Crippen LogP contribution >= 0.6 is 0 Å². The molecule has 16 heavy (non-hydrogen) atoms. The predicted octanol–water partition coefficient (Wildman–Crippen LogP) is 0.544. The van der Waals surface area contributed by atoms with Crippen molar-refractivity contribution in [1.82, 2.24) is 10.2 Å². The maximum Gasteiger partial charge on any atom is 0.236 e. The van der Waals surface area contributed by atoms with Gasteiger partial charge in [0.2, 0.25) is 5.91 Å². The summed E-state index contributed by atoms with van der Waals surface area (Å²) >= 11 is 0. The van der Waals surface area contributed by atoms with E-state index in [0.717, 1.165) is 32.4 Å². The van der Waals surface area contributed by atoms with Gasteiger partial charge in [-0.2, -0.15) is 0 Å². The molecule has 4 heteroatoms. The summed E-state index contributed by atoms with van der Waals surface area (Å²) in [4.78, 5) is 13.7. The van der Waals surface area contributed by atoms with Crippen molar-refractivity contribution in [2.45, 2.75) is 25.3 Å². The minimum absolute atomic E-state index is 0.206. The molecule has 1 N–H and O–H groups in total. The molecule has 1 unspecified atom stereocenters. The standard InChI is InChI=1S/C12H20N2O2/c15-12(14-6-8-16-9-7-14)10-13-11-4-2-1-3-5-11/h1-2,11,13H,3-10H2. The highest BCUT2D eigenvalue weighted by Crippen LogP contribution is 2.10. The average Bonchev–Trinajstić information content (AvgIpc) is 2.38. The van der Waals surface area contributed by atoms with Crippen molar-refractivity contribution in [2.75, 3.05) is 32.8 Å². The Hall–Kier alpha value is -0.870. The highest BCUT2D eigenvalue weighted by Gasteiger charge is 2.17. The molecule has 1 heterocycles. The van der Waals surface area contributed by atoms with E-state index in [2.05, 4.69) is 17.5 Å². The number of hydrogen-bond acceptors (Lipinski definition) is 3. The molecule has 0 radical (unpaired) electrons. The van der Waals surface area contributed by atoms with E-state index in [1.54, 1.807) is 0 Å². The molecule has 1 fully saturated rings. The predicted molar refractivity (Wildman–Crippen MR) is 62.2 cm³/mol. The number of hydrogen-bond donors (Lipinski definition) is 1. The molecule has 4 nitrogen and oxygen atoms in total. The lowest BCUT2D eigenvalue weighted by Crippen LogP contribution is -2.46. The molecular weight excluding hydrogens is 204 g/mol. The maximum absolute atomic E-state index is 11.8. The van der Waals surface area contributed by atoms with Crippen LogP contribution in [0, 0.1) is 0 Å². The first-order chi connectivity index (χ1) is 7.86. The summed E-state index contributed by atoms with van der Waals surface area (Å²) in [7, 11) is 0. The molecule has 0 saturated carbocycles. The SMILES string of the molecule is O=C(CNC1CC=CCC1)N1CCOCC1. The lowest BCUT2D eigenvalue weighted by molar-refractivity contribution is -0.134. The second-order valence-electron chi connectivity index (χ2n) is 4.36. The van der Waals surface area contributed by atoms with E-state index >= 15 is 0 Å². The topological polar surface area (TPSA) is 41.6 Å². The van der Waals surface area contributed by atoms with Gasteiger partial charge in [0.05, 0.1) is 19.8 Å². The minimum Gasteiger partial charge on any atom is -0.378 e. The zero-order valence-electron chi connectivity index (χ0n) is 9.65. The van der Waals surface area contributed by atoms with Gasteiger partial charge in [0.15, 0.2) is 0 Å². The van der Waals surface area contributed by atoms with Crippen molar-refractivity contribution >= 4 is 5.91 Å². The van der Waals surface area contributed by atoms with E-state index in [0.29, 0.717) is 25.8 Å². The van der Waals surface area contributed by atoms with Crippen LogP contribution < -0.4 is 5.32 Å². The Balaban J connectivity index is 1.68. The number of amides is 1. The molecule has 1 aliphatic carbocycles. The summed E-state index contributed by atoms with van der Waals surface area (Å²) < 4.78 is 5.22. The van der Waals surface area contributed by atoms with Crippen LogP contribution in [0.3, 0.4) is 0 Å². The molecule has 1 aliphatic heterocycles. The number of carbonyl (C=O) groups is 1. The van der Waals surface area contributed by atoms with Crippen LogP contribution in [-0.4, -0.2) is 49.7 Å². The largest absolute Gasteiger partial charge is 0.378 e. The van der Waals surface area contributed by atoms with Crippen LogP contribution in [0.2, 0.25) is 0 Å². The first kappa shape index (κ1) is 11.6. The van der Waals surface area contributed by atoms with Crippen LogP contribution in [0.15, 0.2) is 12.2 Å². The van der Waals surface area contributed by atoms with Gasteiger partial charge < -0.3 is 15.0 Å². The second kappa shape index (κ2) is 6.01. The molecule has 2 rings (SSSR count). The van der Waals surface area contributed by atoms with Crippen LogP contribution in [-0.2, 0) is 9.53 Å². The van der Waals surface area contributed by atoms with Crippen LogP contribution in [0.1, 0.15) is 19.3 Å². The van der Waals surface area contributed by atoms with Crippen molar-refractivity contribution in [2.24, 2.45) is 0 Å². The number of morpholine rings is 1. The zero-order valence-corrected chi connectivity index (χ0v) is 9.65. The fourth-order valence-electron chi connectivity index (χ4n) is 2.14. The monoisotopic (exact) mass is 224 g/mol. The Labute approximate surface area is 96.6 Å². The fourth-order valence-corrected chi connectivity index (χ4v) is 2.14. The maximum atomic E-state index is 11.8. The van der Waals surface area contributed by atoms with Crippen molar-refractivity contribution in [1.29, 1.82) is 0 Å². The van der Waals surface area contributed by atoms with Gasteiger partial charge in [-0.3, -0.25) is 4.79 Å². The number of nitrogens with one attached hydrogen (secondary N) is 1. The average molecular weight is 224 g/mol. The number of rotatable bonds is 3. The summed E-state index contributed by atoms with van der Waals surface area (Å²) in [5.41, 5.74) is 0. The minimum atomic E-state index is 0.206. The molecule has 2 aliphatic rings. The van der Waals surface area contributed by atoms with Gasteiger partial charge in [-0.05, 0) is 19.3 Å². The quantitative estimate of drug-likeness (QED) is 0.712. The molecule has 0 spiro atoms. The molecular formula is C12H20N2O2. The first-order valence-corrected chi connectivity index (χ1v) is 6.10. The van der Waals surface area contributed by atoms with Crippen LogP contribution in [0.4, 0.5) is 0 Å². The van der Waals surface area contributed by atoms with Gasteiger partial charge in [-0.1, -0.05) is 12.2 Å². The third-order valence-corrected chi connectivity index (χ3v) is 3.17. The molecule has 1 atom stereocenters. The Morgan fingerprint density at radius 2 is 2.19 bits per heavy atom.